The molecule has 1 N–H and O–H groups in total. The van der Waals surface area contributed by atoms with Gasteiger partial charge in [0.15, 0.2) is 0 Å². The molecular formula is C10H14F3NO3. The normalized spacial score (nSPS) is 25.8. The van der Waals surface area contributed by atoms with E-state index < -0.39 is 30.4 Å². The Kier molecular flexibility index (Phi) is 4.00. The van der Waals surface area contributed by atoms with Crippen LogP contribution in [0.25, 0.3) is 0 Å². The number of carbonyl (C=O) groups is 2. The van der Waals surface area contributed by atoms with Gasteiger partial charge in [-0.15, -0.1) is 0 Å². The van der Waals surface area contributed by atoms with E-state index in [1.54, 1.807) is 6.92 Å². The molecule has 0 aliphatic carbocycles. The summed E-state index contributed by atoms with van der Waals surface area (Å²) in [5, 5.41) is 8.83. The largest absolute Gasteiger partial charge is 0.481 e. The second-order valence-electron chi connectivity index (χ2n) is 4.47. The molecule has 17 heavy (non-hydrogen) atoms. The Morgan fingerprint density at radius 1 is 1.35 bits per heavy atom. The van der Waals surface area contributed by atoms with Crippen LogP contribution >= 0.6 is 0 Å². The number of aliphatic carboxylic acids is 1. The fourth-order valence-electron chi connectivity index (χ4n) is 2.02. The van der Waals surface area contributed by atoms with E-state index in [4.69, 9.17) is 5.11 Å². The third-order valence-corrected chi connectivity index (χ3v) is 2.71. The molecule has 2 unspecified atom stereocenters. The Hall–Kier alpha value is -1.27. The number of rotatable bonds is 2. The summed E-state index contributed by atoms with van der Waals surface area (Å²) in [5.74, 6) is -2.98. The first-order valence-corrected chi connectivity index (χ1v) is 5.26. The van der Waals surface area contributed by atoms with E-state index in [1.807, 2.05) is 0 Å². The van der Waals surface area contributed by atoms with Crippen LogP contribution in [0.4, 0.5) is 13.2 Å². The molecule has 1 saturated heterocycles. The number of nitrogens with zero attached hydrogens (tertiary/aromatic N) is 1. The van der Waals surface area contributed by atoms with Crippen molar-refractivity contribution in [2.75, 3.05) is 13.1 Å². The number of carbonyl (C=O) groups excluding carboxylic acids is 1. The highest BCUT2D eigenvalue weighted by Gasteiger charge is 2.37. The molecule has 0 saturated carbocycles. The summed E-state index contributed by atoms with van der Waals surface area (Å²) < 4.78 is 36.2. The number of amides is 1. The van der Waals surface area contributed by atoms with Gasteiger partial charge in [-0.05, 0) is 12.3 Å². The summed E-state index contributed by atoms with van der Waals surface area (Å²) in [7, 11) is 0. The first-order valence-electron chi connectivity index (χ1n) is 5.26. The van der Waals surface area contributed by atoms with E-state index >= 15 is 0 Å². The molecule has 1 heterocycles. The second-order valence-corrected chi connectivity index (χ2v) is 4.47. The molecule has 0 aromatic rings. The zero-order chi connectivity index (χ0) is 13.2. The van der Waals surface area contributed by atoms with Crippen molar-refractivity contribution in [2.24, 2.45) is 11.8 Å². The number of halogens is 3. The molecule has 7 heteroatoms. The smallest absolute Gasteiger partial charge is 0.397 e. The molecule has 0 spiro atoms. The van der Waals surface area contributed by atoms with E-state index in [2.05, 4.69) is 0 Å². The van der Waals surface area contributed by atoms with Crippen molar-refractivity contribution in [3.05, 3.63) is 0 Å². The average molecular weight is 253 g/mol. The third-order valence-electron chi connectivity index (χ3n) is 2.71. The fourth-order valence-corrected chi connectivity index (χ4v) is 2.02. The average Bonchev–Trinajstić information content (AvgIpc) is 2.13. The van der Waals surface area contributed by atoms with Crippen molar-refractivity contribution in [2.45, 2.75) is 25.9 Å². The van der Waals surface area contributed by atoms with Crippen molar-refractivity contribution in [1.82, 2.24) is 4.90 Å². The van der Waals surface area contributed by atoms with Gasteiger partial charge in [0.2, 0.25) is 5.91 Å². The predicted molar refractivity (Wildman–Crippen MR) is 52.2 cm³/mol. The zero-order valence-corrected chi connectivity index (χ0v) is 9.33. The van der Waals surface area contributed by atoms with Gasteiger partial charge in [-0.3, -0.25) is 9.59 Å². The lowest BCUT2D eigenvalue weighted by Crippen LogP contribution is -2.46. The van der Waals surface area contributed by atoms with Crippen LogP contribution in [0.15, 0.2) is 0 Å². The van der Waals surface area contributed by atoms with Gasteiger partial charge in [0.05, 0.1) is 5.92 Å². The Morgan fingerprint density at radius 2 is 1.94 bits per heavy atom. The second kappa shape index (κ2) is 4.93. The van der Waals surface area contributed by atoms with E-state index in [1.165, 1.54) is 0 Å². The van der Waals surface area contributed by atoms with Gasteiger partial charge in [-0.25, -0.2) is 0 Å². The van der Waals surface area contributed by atoms with E-state index in [0.29, 0.717) is 6.42 Å². The van der Waals surface area contributed by atoms with Crippen molar-refractivity contribution >= 4 is 11.9 Å². The first kappa shape index (κ1) is 13.8. The van der Waals surface area contributed by atoms with Crippen molar-refractivity contribution in [3.63, 3.8) is 0 Å². The first-order chi connectivity index (χ1) is 7.69. The van der Waals surface area contributed by atoms with E-state index in [-0.39, 0.29) is 19.0 Å². The van der Waals surface area contributed by atoms with Crippen LogP contribution < -0.4 is 0 Å². The van der Waals surface area contributed by atoms with Crippen LogP contribution in [-0.4, -0.2) is 41.1 Å². The number of piperidine rings is 1. The molecular weight excluding hydrogens is 239 g/mol. The number of hydrogen-bond donors (Lipinski definition) is 1. The summed E-state index contributed by atoms with van der Waals surface area (Å²) >= 11 is 0. The molecule has 0 radical (unpaired) electrons. The Bertz CT molecular complexity index is 316. The highest BCUT2D eigenvalue weighted by Crippen LogP contribution is 2.25. The lowest BCUT2D eigenvalue weighted by atomic mass is 9.90. The van der Waals surface area contributed by atoms with Crippen LogP contribution in [0.3, 0.4) is 0 Å². The van der Waals surface area contributed by atoms with Crippen molar-refractivity contribution in [3.8, 4) is 0 Å². The maximum absolute atomic E-state index is 12.1. The minimum atomic E-state index is -4.55. The lowest BCUT2D eigenvalue weighted by molar-refractivity contribution is -0.164. The Balaban J connectivity index is 2.64. The fraction of sp³-hybridized carbons (Fsp3) is 0.800. The summed E-state index contributed by atoms with van der Waals surface area (Å²) in [5.41, 5.74) is 0. The third kappa shape index (κ3) is 4.24. The van der Waals surface area contributed by atoms with Crippen molar-refractivity contribution in [1.29, 1.82) is 0 Å². The molecule has 98 valence electrons. The Morgan fingerprint density at radius 3 is 2.41 bits per heavy atom. The molecule has 0 aromatic carbocycles. The van der Waals surface area contributed by atoms with Gasteiger partial charge < -0.3 is 10.0 Å². The summed E-state index contributed by atoms with van der Waals surface area (Å²) in [6.07, 6.45) is -5.67. The molecule has 2 atom stereocenters. The van der Waals surface area contributed by atoms with Crippen LogP contribution in [0.1, 0.15) is 19.8 Å². The number of carboxylic acids is 1. The summed E-state index contributed by atoms with van der Waals surface area (Å²) in [6, 6.07) is 0. The van der Waals surface area contributed by atoms with Crippen molar-refractivity contribution < 1.29 is 27.9 Å². The van der Waals surface area contributed by atoms with Crippen LogP contribution in [0.5, 0.6) is 0 Å². The van der Waals surface area contributed by atoms with Gasteiger partial charge in [-0.1, -0.05) is 6.92 Å². The number of likely N-dealkylation sites (tertiary alicyclic amines) is 1. The standard InChI is InChI=1S/C10H14F3NO3/c1-6-2-7(9(16)17)5-14(4-6)8(15)3-10(11,12)13/h6-7H,2-5H2,1H3,(H,16,17). The number of alkyl halides is 3. The van der Waals surface area contributed by atoms with Gasteiger partial charge in [0, 0.05) is 13.1 Å². The SMILES string of the molecule is CC1CC(C(=O)O)CN(C(=O)CC(F)(F)F)C1. The van der Waals surface area contributed by atoms with Gasteiger partial charge in [-0.2, -0.15) is 13.2 Å². The lowest BCUT2D eigenvalue weighted by Gasteiger charge is -2.34. The van der Waals surface area contributed by atoms with Crippen LogP contribution in [-0.2, 0) is 9.59 Å². The summed E-state index contributed by atoms with van der Waals surface area (Å²) in [6.45, 7) is 1.79. The summed E-state index contributed by atoms with van der Waals surface area (Å²) in [4.78, 5) is 23.1. The molecule has 0 aromatic heterocycles. The quantitative estimate of drug-likeness (QED) is 0.811. The zero-order valence-electron chi connectivity index (χ0n) is 9.33. The predicted octanol–water partition coefficient (Wildman–Crippen LogP) is 1.51. The van der Waals surface area contributed by atoms with Gasteiger partial charge in [0.25, 0.3) is 0 Å². The number of carboxylic acid groups (broad SMARTS) is 1. The van der Waals surface area contributed by atoms with Crippen LogP contribution in [0.2, 0.25) is 0 Å². The topological polar surface area (TPSA) is 57.6 Å². The molecule has 4 nitrogen and oxygen atoms in total. The Labute approximate surface area is 96.4 Å². The molecule has 1 aliphatic rings. The molecule has 1 aliphatic heterocycles. The number of hydrogen-bond acceptors (Lipinski definition) is 2. The minimum absolute atomic E-state index is 0.0953. The monoisotopic (exact) mass is 253 g/mol. The van der Waals surface area contributed by atoms with Crippen LogP contribution in [0, 0.1) is 11.8 Å². The molecule has 0 bridgehead atoms. The van der Waals surface area contributed by atoms with Gasteiger partial charge >= 0.3 is 12.1 Å². The maximum Gasteiger partial charge on any atom is 0.397 e. The van der Waals surface area contributed by atoms with E-state index in [9.17, 15) is 22.8 Å². The molecule has 1 amide bonds. The highest BCUT2D eigenvalue weighted by molar-refractivity contribution is 5.78. The molecule has 1 fully saturated rings. The highest BCUT2D eigenvalue weighted by atomic mass is 19.4. The minimum Gasteiger partial charge on any atom is -0.481 e. The van der Waals surface area contributed by atoms with E-state index in [0.717, 1.165) is 4.90 Å². The molecule has 1 rings (SSSR count). The maximum atomic E-state index is 12.1. The van der Waals surface area contributed by atoms with Gasteiger partial charge in [0.1, 0.15) is 6.42 Å².